The molecule has 1 N–H and O–H groups in total. The van der Waals surface area contributed by atoms with Gasteiger partial charge in [0.25, 0.3) is 5.91 Å². The lowest BCUT2D eigenvalue weighted by atomic mass is 9.93. The van der Waals surface area contributed by atoms with Gasteiger partial charge in [-0.2, -0.15) is 0 Å². The average Bonchev–Trinajstić information content (AvgIpc) is 3.50. The van der Waals surface area contributed by atoms with Crippen molar-refractivity contribution in [3.8, 4) is 28.5 Å². The molecule has 0 fully saturated rings. The minimum atomic E-state index is -0.244. The first-order valence-electron chi connectivity index (χ1n) is 13.0. The van der Waals surface area contributed by atoms with Gasteiger partial charge in [0.1, 0.15) is 5.75 Å². The Morgan fingerprint density at radius 1 is 0.795 bits per heavy atom. The Morgan fingerprint density at radius 3 is 2.41 bits per heavy atom. The van der Waals surface area contributed by atoms with Crippen molar-refractivity contribution >= 4 is 16.8 Å². The molecular weight excluding hydrogens is 488 g/mol. The third-order valence-corrected chi connectivity index (χ3v) is 7.53. The number of para-hydroxylation sites is 1. The van der Waals surface area contributed by atoms with Gasteiger partial charge in [-0.05, 0) is 53.9 Å². The molecule has 1 aliphatic rings. The number of aromatic amines is 1. The normalized spacial score (nSPS) is 14.5. The summed E-state index contributed by atoms with van der Waals surface area (Å²) in [6.45, 7) is 0.546. The molecule has 1 aliphatic heterocycles. The lowest BCUT2D eigenvalue weighted by Gasteiger charge is -2.27. The summed E-state index contributed by atoms with van der Waals surface area (Å²) in [5, 5.41) is 1.10. The van der Waals surface area contributed by atoms with Crippen molar-refractivity contribution in [2.24, 2.45) is 0 Å². The van der Waals surface area contributed by atoms with Crippen LogP contribution < -0.4 is 14.2 Å². The topological polar surface area (TPSA) is 63.8 Å². The highest BCUT2D eigenvalue weighted by atomic mass is 16.5. The van der Waals surface area contributed by atoms with E-state index in [0.717, 1.165) is 50.2 Å². The van der Waals surface area contributed by atoms with E-state index in [4.69, 9.17) is 14.2 Å². The van der Waals surface area contributed by atoms with Crippen LogP contribution in [0.1, 0.15) is 33.1 Å². The number of carbonyl (C=O) groups excluding carboxylic acids is 1. The monoisotopic (exact) mass is 518 g/mol. The second-order valence-corrected chi connectivity index (χ2v) is 9.62. The zero-order valence-electron chi connectivity index (χ0n) is 22.2. The van der Waals surface area contributed by atoms with E-state index in [9.17, 15) is 4.79 Å². The summed E-state index contributed by atoms with van der Waals surface area (Å²) in [4.78, 5) is 19.5. The molecule has 0 saturated heterocycles. The van der Waals surface area contributed by atoms with E-state index in [1.54, 1.807) is 21.3 Å². The van der Waals surface area contributed by atoms with Crippen LogP contribution in [-0.4, -0.2) is 43.7 Å². The number of methoxy groups -OCH3 is 3. The number of H-pyrrole nitrogens is 1. The predicted octanol–water partition coefficient (Wildman–Crippen LogP) is 6.65. The summed E-state index contributed by atoms with van der Waals surface area (Å²) in [5.41, 5.74) is 6.95. The van der Waals surface area contributed by atoms with E-state index in [2.05, 4.69) is 29.2 Å². The minimum Gasteiger partial charge on any atom is -0.497 e. The van der Waals surface area contributed by atoms with Gasteiger partial charge in [-0.1, -0.05) is 54.6 Å². The molecule has 1 aromatic heterocycles. The van der Waals surface area contributed by atoms with Crippen molar-refractivity contribution in [3.63, 3.8) is 0 Å². The summed E-state index contributed by atoms with van der Waals surface area (Å²) < 4.78 is 16.5. The summed E-state index contributed by atoms with van der Waals surface area (Å²) in [7, 11) is 4.94. The SMILES string of the molecule is COc1cccc(-c2[nH]c3ccccc3c2[C@H]2c3ccccc3C(=O)N2CCc2ccc(OC)c(OC)c2)c1. The van der Waals surface area contributed by atoms with Gasteiger partial charge in [-0.25, -0.2) is 0 Å². The number of carbonyl (C=O) groups is 1. The maximum Gasteiger partial charge on any atom is 0.255 e. The third kappa shape index (κ3) is 4.28. The number of fused-ring (bicyclic) bond motifs is 2. The van der Waals surface area contributed by atoms with Crippen molar-refractivity contribution in [3.05, 3.63) is 113 Å². The van der Waals surface area contributed by atoms with Gasteiger partial charge in [0.15, 0.2) is 11.5 Å². The highest BCUT2D eigenvalue weighted by Crippen LogP contribution is 2.45. The number of aromatic nitrogens is 1. The summed E-state index contributed by atoms with van der Waals surface area (Å²) in [6, 6.07) is 30.0. The quantitative estimate of drug-likeness (QED) is 0.250. The van der Waals surface area contributed by atoms with Gasteiger partial charge in [0, 0.05) is 34.1 Å². The van der Waals surface area contributed by atoms with E-state index >= 15 is 0 Å². The molecule has 0 aliphatic carbocycles. The van der Waals surface area contributed by atoms with Crippen LogP contribution in [0.3, 0.4) is 0 Å². The molecule has 0 unspecified atom stereocenters. The largest absolute Gasteiger partial charge is 0.497 e. The van der Waals surface area contributed by atoms with E-state index in [1.807, 2.05) is 71.6 Å². The zero-order chi connectivity index (χ0) is 26.9. The molecule has 5 aromatic rings. The van der Waals surface area contributed by atoms with Crippen LogP contribution in [-0.2, 0) is 6.42 Å². The molecule has 2 heterocycles. The second kappa shape index (κ2) is 10.2. The van der Waals surface area contributed by atoms with Gasteiger partial charge in [-0.15, -0.1) is 0 Å². The second-order valence-electron chi connectivity index (χ2n) is 9.62. The van der Waals surface area contributed by atoms with Crippen molar-refractivity contribution in [2.75, 3.05) is 27.9 Å². The standard InChI is InChI=1S/C33H30N2O4/c1-37-23-10-8-9-22(20-23)31-30(26-13-6-7-14-27(26)34-31)32-24-11-4-5-12-25(24)33(36)35(32)18-17-21-15-16-28(38-2)29(19-21)39-3/h4-16,19-20,32,34H,17-18H2,1-3H3/t32-/m1/s1. The Hall–Kier alpha value is -4.71. The van der Waals surface area contributed by atoms with Crippen molar-refractivity contribution in [2.45, 2.75) is 12.5 Å². The first-order chi connectivity index (χ1) is 19.1. The highest BCUT2D eigenvalue weighted by Gasteiger charge is 2.39. The maximum atomic E-state index is 13.9. The molecule has 1 atom stereocenters. The minimum absolute atomic E-state index is 0.0398. The summed E-state index contributed by atoms with van der Waals surface area (Å²) in [6.07, 6.45) is 0.674. The van der Waals surface area contributed by atoms with Crippen LogP contribution in [0.25, 0.3) is 22.2 Å². The van der Waals surface area contributed by atoms with Gasteiger partial charge < -0.3 is 24.1 Å². The highest BCUT2D eigenvalue weighted by molar-refractivity contribution is 6.02. The Labute approximate surface area is 227 Å². The molecule has 1 amide bonds. The molecule has 0 bridgehead atoms. The number of ether oxygens (including phenoxy) is 3. The molecule has 0 saturated carbocycles. The fourth-order valence-corrected chi connectivity index (χ4v) is 5.65. The molecule has 4 aromatic carbocycles. The first kappa shape index (κ1) is 24.6. The van der Waals surface area contributed by atoms with Gasteiger partial charge in [-0.3, -0.25) is 4.79 Å². The van der Waals surface area contributed by atoms with Gasteiger partial charge in [0.2, 0.25) is 0 Å². The fourth-order valence-electron chi connectivity index (χ4n) is 5.65. The zero-order valence-corrected chi connectivity index (χ0v) is 22.2. The number of amides is 1. The van der Waals surface area contributed by atoms with E-state index in [1.165, 1.54) is 0 Å². The number of hydrogen-bond donors (Lipinski definition) is 1. The van der Waals surface area contributed by atoms with Crippen molar-refractivity contribution in [1.82, 2.24) is 9.88 Å². The van der Waals surface area contributed by atoms with Gasteiger partial charge >= 0.3 is 0 Å². The number of rotatable bonds is 8. The van der Waals surface area contributed by atoms with E-state index < -0.39 is 0 Å². The first-order valence-corrected chi connectivity index (χ1v) is 13.0. The molecule has 6 nitrogen and oxygen atoms in total. The molecule has 196 valence electrons. The lowest BCUT2D eigenvalue weighted by Crippen LogP contribution is -2.31. The number of nitrogens with one attached hydrogen (secondary N) is 1. The smallest absolute Gasteiger partial charge is 0.255 e. The average molecular weight is 519 g/mol. The van der Waals surface area contributed by atoms with Crippen LogP contribution in [0.5, 0.6) is 17.2 Å². The maximum absolute atomic E-state index is 13.9. The Kier molecular flexibility index (Phi) is 6.45. The Morgan fingerprint density at radius 2 is 1.59 bits per heavy atom. The molecule has 6 rings (SSSR count). The van der Waals surface area contributed by atoms with Gasteiger partial charge in [0.05, 0.1) is 33.1 Å². The number of nitrogens with zero attached hydrogens (tertiary/aromatic N) is 1. The summed E-state index contributed by atoms with van der Waals surface area (Å²) in [5.74, 6) is 2.19. The van der Waals surface area contributed by atoms with Crippen LogP contribution in [0, 0.1) is 0 Å². The molecule has 0 spiro atoms. The third-order valence-electron chi connectivity index (χ3n) is 7.53. The molecule has 39 heavy (non-hydrogen) atoms. The van der Waals surface area contributed by atoms with E-state index in [0.29, 0.717) is 24.5 Å². The van der Waals surface area contributed by atoms with Crippen molar-refractivity contribution < 1.29 is 19.0 Å². The van der Waals surface area contributed by atoms with Crippen LogP contribution in [0.4, 0.5) is 0 Å². The van der Waals surface area contributed by atoms with E-state index in [-0.39, 0.29) is 11.9 Å². The lowest BCUT2D eigenvalue weighted by molar-refractivity contribution is 0.0753. The molecular formula is C33H30N2O4. The van der Waals surface area contributed by atoms with Crippen LogP contribution in [0.2, 0.25) is 0 Å². The Balaban J connectivity index is 1.47. The number of hydrogen-bond acceptors (Lipinski definition) is 4. The Bertz CT molecular complexity index is 1670. The van der Waals surface area contributed by atoms with Crippen LogP contribution in [0.15, 0.2) is 91.0 Å². The molecule has 0 radical (unpaired) electrons. The number of benzene rings is 4. The predicted molar refractivity (Wildman–Crippen MR) is 153 cm³/mol. The fraction of sp³-hybridized carbons (Fsp3) is 0.182. The molecule has 6 heteroatoms. The van der Waals surface area contributed by atoms with Crippen molar-refractivity contribution in [1.29, 1.82) is 0 Å². The summed E-state index contributed by atoms with van der Waals surface area (Å²) >= 11 is 0. The van der Waals surface area contributed by atoms with Crippen LogP contribution >= 0.6 is 0 Å².